The molecule has 116 valence electrons. The number of methoxy groups -OCH3 is 1. The number of rotatable bonds is 5. The van der Waals surface area contributed by atoms with E-state index in [2.05, 4.69) is 5.32 Å². The Hall–Kier alpha value is -0.930. The highest BCUT2D eigenvalue weighted by molar-refractivity contribution is 6.30. The number of hydrogen-bond donors (Lipinski definition) is 1. The van der Waals surface area contributed by atoms with Crippen molar-refractivity contribution in [3.05, 3.63) is 22.7 Å². The molecule has 1 aliphatic carbocycles. The monoisotopic (exact) mass is 309 g/mol. The Kier molecular flexibility index (Phi) is 4.91. The molecule has 0 bridgehead atoms. The summed E-state index contributed by atoms with van der Waals surface area (Å²) in [5.74, 6) is 2.34. The van der Waals surface area contributed by atoms with Crippen LogP contribution in [0.2, 0.25) is 5.02 Å². The largest absolute Gasteiger partial charge is 0.493 e. The normalized spacial score (nSPS) is 22.7. The molecule has 0 spiro atoms. The average molecular weight is 310 g/mol. The third kappa shape index (κ3) is 3.64. The van der Waals surface area contributed by atoms with E-state index < -0.39 is 0 Å². The molecule has 1 aromatic rings. The summed E-state index contributed by atoms with van der Waals surface area (Å²) in [7, 11) is 1.69. The molecule has 1 N–H and O–H groups in total. The Morgan fingerprint density at radius 1 is 1.24 bits per heavy atom. The van der Waals surface area contributed by atoms with E-state index in [1.54, 1.807) is 7.11 Å². The predicted octanol–water partition coefficient (Wildman–Crippen LogP) is 3.82. The fourth-order valence-electron chi connectivity index (χ4n) is 3.12. The van der Waals surface area contributed by atoms with Crippen LogP contribution in [-0.4, -0.2) is 26.3 Å². The molecule has 4 heteroatoms. The van der Waals surface area contributed by atoms with Crippen molar-refractivity contribution in [2.75, 3.05) is 20.2 Å². The van der Waals surface area contributed by atoms with Crippen LogP contribution in [0.4, 0.5) is 0 Å². The maximum absolute atomic E-state index is 6.25. The van der Waals surface area contributed by atoms with E-state index in [0.29, 0.717) is 12.0 Å². The highest BCUT2D eigenvalue weighted by Gasteiger charge is 2.24. The second kappa shape index (κ2) is 6.89. The number of benzene rings is 1. The maximum atomic E-state index is 6.25. The van der Waals surface area contributed by atoms with E-state index in [4.69, 9.17) is 21.1 Å². The summed E-state index contributed by atoms with van der Waals surface area (Å²) < 4.78 is 11.7. The number of halogens is 1. The average Bonchev–Trinajstić information content (AvgIpc) is 2.45. The molecule has 3 nitrogen and oxygen atoms in total. The molecule has 0 amide bonds. The Morgan fingerprint density at radius 3 is 2.71 bits per heavy atom. The summed E-state index contributed by atoms with van der Waals surface area (Å²) in [4.78, 5) is 0. The minimum absolute atomic E-state index is 0.350. The van der Waals surface area contributed by atoms with Crippen LogP contribution in [0, 0.1) is 5.92 Å². The first-order valence-corrected chi connectivity index (χ1v) is 8.38. The second-order valence-electron chi connectivity index (χ2n) is 6.18. The van der Waals surface area contributed by atoms with Crippen LogP contribution in [0.5, 0.6) is 11.5 Å². The lowest BCUT2D eigenvalue weighted by Crippen LogP contribution is -2.31. The standard InChI is InChI=1S/C17H24ClNO2/c1-20-16-10-14(18)9-13(8-12-4-3-7-19-11-12)17(16)21-15-5-2-6-15/h9-10,12,15,19H,2-8,11H2,1H3. The highest BCUT2D eigenvalue weighted by atomic mass is 35.5. The van der Waals surface area contributed by atoms with Crippen molar-refractivity contribution in [3.8, 4) is 11.5 Å². The van der Waals surface area contributed by atoms with Gasteiger partial charge in [0.15, 0.2) is 11.5 Å². The van der Waals surface area contributed by atoms with Gasteiger partial charge in [-0.05, 0) is 69.2 Å². The van der Waals surface area contributed by atoms with E-state index in [1.807, 2.05) is 12.1 Å². The lowest BCUT2D eigenvalue weighted by molar-refractivity contribution is 0.114. The summed E-state index contributed by atoms with van der Waals surface area (Å²) in [6.45, 7) is 2.22. The van der Waals surface area contributed by atoms with E-state index in [0.717, 1.165) is 48.9 Å². The Balaban J connectivity index is 1.82. The van der Waals surface area contributed by atoms with Crippen LogP contribution in [-0.2, 0) is 6.42 Å². The van der Waals surface area contributed by atoms with Gasteiger partial charge in [0.05, 0.1) is 13.2 Å². The van der Waals surface area contributed by atoms with Crippen LogP contribution in [0.1, 0.15) is 37.7 Å². The lowest BCUT2D eigenvalue weighted by atomic mass is 9.91. The van der Waals surface area contributed by atoms with E-state index in [9.17, 15) is 0 Å². The number of nitrogens with one attached hydrogen (secondary N) is 1. The fourth-order valence-corrected chi connectivity index (χ4v) is 3.36. The van der Waals surface area contributed by atoms with Crippen molar-refractivity contribution >= 4 is 11.6 Å². The number of hydrogen-bond acceptors (Lipinski definition) is 3. The quantitative estimate of drug-likeness (QED) is 0.897. The number of ether oxygens (including phenoxy) is 2. The minimum Gasteiger partial charge on any atom is -0.493 e. The summed E-state index contributed by atoms with van der Waals surface area (Å²) >= 11 is 6.25. The molecule has 1 unspecified atom stereocenters. The van der Waals surface area contributed by atoms with Crippen molar-refractivity contribution in [2.24, 2.45) is 5.92 Å². The molecular formula is C17H24ClNO2. The van der Waals surface area contributed by atoms with Crippen LogP contribution in [0.3, 0.4) is 0 Å². The molecule has 1 aliphatic heterocycles. The van der Waals surface area contributed by atoms with Gasteiger partial charge in [-0.15, -0.1) is 0 Å². The van der Waals surface area contributed by atoms with Gasteiger partial charge in [0.25, 0.3) is 0 Å². The molecule has 1 saturated carbocycles. The molecule has 0 radical (unpaired) electrons. The van der Waals surface area contributed by atoms with Gasteiger partial charge < -0.3 is 14.8 Å². The van der Waals surface area contributed by atoms with Gasteiger partial charge in [0.2, 0.25) is 0 Å². The van der Waals surface area contributed by atoms with E-state index in [-0.39, 0.29) is 0 Å². The molecule has 1 heterocycles. The molecule has 1 saturated heterocycles. The van der Waals surface area contributed by atoms with Gasteiger partial charge in [-0.1, -0.05) is 11.6 Å². The molecule has 21 heavy (non-hydrogen) atoms. The smallest absolute Gasteiger partial charge is 0.164 e. The van der Waals surface area contributed by atoms with Crippen molar-refractivity contribution in [1.82, 2.24) is 5.32 Å². The summed E-state index contributed by atoms with van der Waals surface area (Å²) in [5.41, 5.74) is 1.19. The Morgan fingerprint density at radius 2 is 2.10 bits per heavy atom. The predicted molar refractivity (Wildman–Crippen MR) is 85.6 cm³/mol. The highest BCUT2D eigenvalue weighted by Crippen LogP contribution is 2.39. The van der Waals surface area contributed by atoms with Crippen molar-refractivity contribution in [2.45, 2.75) is 44.6 Å². The van der Waals surface area contributed by atoms with Gasteiger partial charge in [-0.25, -0.2) is 0 Å². The second-order valence-corrected chi connectivity index (χ2v) is 6.62. The first-order valence-electron chi connectivity index (χ1n) is 8.00. The summed E-state index contributed by atoms with van der Waals surface area (Å²) in [6.07, 6.45) is 7.44. The third-order valence-electron chi connectivity index (χ3n) is 4.56. The van der Waals surface area contributed by atoms with Crippen molar-refractivity contribution in [1.29, 1.82) is 0 Å². The lowest BCUT2D eigenvalue weighted by Gasteiger charge is -2.30. The Bertz CT molecular complexity index is 482. The zero-order valence-electron chi connectivity index (χ0n) is 12.7. The topological polar surface area (TPSA) is 30.5 Å². The Labute approximate surface area is 132 Å². The molecule has 2 aliphatic rings. The molecular weight excluding hydrogens is 286 g/mol. The molecule has 0 aromatic heterocycles. The maximum Gasteiger partial charge on any atom is 0.164 e. The van der Waals surface area contributed by atoms with Crippen LogP contribution in [0.25, 0.3) is 0 Å². The molecule has 1 atom stereocenters. The van der Waals surface area contributed by atoms with Crippen LogP contribution >= 0.6 is 11.6 Å². The number of piperidine rings is 1. The van der Waals surface area contributed by atoms with Crippen LogP contribution < -0.4 is 14.8 Å². The summed E-state index contributed by atoms with van der Waals surface area (Å²) in [5, 5.41) is 4.20. The minimum atomic E-state index is 0.350. The fraction of sp³-hybridized carbons (Fsp3) is 0.647. The third-order valence-corrected chi connectivity index (χ3v) is 4.78. The van der Waals surface area contributed by atoms with Crippen molar-refractivity contribution in [3.63, 3.8) is 0 Å². The molecule has 2 fully saturated rings. The summed E-state index contributed by atoms with van der Waals surface area (Å²) in [6, 6.07) is 3.91. The molecule has 3 rings (SSSR count). The van der Waals surface area contributed by atoms with Gasteiger partial charge in [0.1, 0.15) is 0 Å². The molecule has 1 aromatic carbocycles. The van der Waals surface area contributed by atoms with E-state index in [1.165, 1.54) is 24.8 Å². The first-order chi connectivity index (χ1) is 10.3. The van der Waals surface area contributed by atoms with Crippen molar-refractivity contribution < 1.29 is 9.47 Å². The first kappa shape index (κ1) is 15.0. The zero-order chi connectivity index (χ0) is 14.7. The van der Waals surface area contributed by atoms with Gasteiger partial charge >= 0.3 is 0 Å². The zero-order valence-corrected chi connectivity index (χ0v) is 13.4. The van der Waals surface area contributed by atoms with Gasteiger partial charge in [-0.3, -0.25) is 0 Å². The van der Waals surface area contributed by atoms with Gasteiger partial charge in [-0.2, -0.15) is 0 Å². The van der Waals surface area contributed by atoms with E-state index >= 15 is 0 Å². The van der Waals surface area contributed by atoms with Crippen LogP contribution in [0.15, 0.2) is 12.1 Å². The SMILES string of the molecule is COc1cc(Cl)cc(CC2CCCNC2)c1OC1CCC1. The van der Waals surface area contributed by atoms with Gasteiger partial charge in [0, 0.05) is 11.1 Å².